The number of anilines is 3. The normalized spacial score (nSPS) is 11.3. The highest BCUT2D eigenvalue weighted by molar-refractivity contribution is 6.11. The van der Waals surface area contributed by atoms with Crippen LogP contribution in [0.25, 0.3) is 77.2 Å². The summed E-state index contributed by atoms with van der Waals surface area (Å²) in [4.78, 5) is 2.37. The Balaban J connectivity index is 1.09. The highest BCUT2D eigenvalue weighted by Gasteiger charge is 2.18. The molecule has 0 fully saturated rings. The lowest BCUT2D eigenvalue weighted by Crippen LogP contribution is -2.10. The molecule has 54 heavy (non-hydrogen) atoms. The van der Waals surface area contributed by atoms with E-state index in [4.69, 9.17) is 4.42 Å². The van der Waals surface area contributed by atoms with E-state index in [9.17, 15) is 0 Å². The number of hydrogen-bond acceptors (Lipinski definition) is 2. The molecule has 0 radical (unpaired) electrons. The topological polar surface area (TPSA) is 16.4 Å². The third-order valence-electron chi connectivity index (χ3n) is 10.5. The van der Waals surface area contributed by atoms with Crippen molar-refractivity contribution >= 4 is 49.8 Å². The molecule has 0 N–H and O–H groups in total. The quantitative estimate of drug-likeness (QED) is 0.166. The van der Waals surface area contributed by atoms with Crippen LogP contribution >= 0.6 is 0 Å². The first kappa shape index (κ1) is 31.6. The standard InChI is InChI=1S/C52H35NO/c1-3-13-36(14-4-1)37-25-30-42(31-26-37)53(50-23-11-18-40-17-7-8-19-45(40)50)43-32-27-38(28-33-43)41-29-34-44(39-15-5-2-6-16-39)49(35-41)48-22-12-21-47-46-20-9-10-24-51(46)54-52(47)48/h1-35H. The molecule has 10 rings (SSSR count). The summed E-state index contributed by atoms with van der Waals surface area (Å²) in [6, 6.07) is 75.8. The molecular weight excluding hydrogens is 655 g/mol. The van der Waals surface area contributed by atoms with Crippen molar-refractivity contribution in [3.63, 3.8) is 0 Å². The summed E-state index contributed by atoms with van der Waals surface area (Å²) in [7, 11) is 0. The SMILES string of the molecule is c1ccc(-c2ccc(N(c3ccc(-c4ccc(-c5ccccc5)c(-c5cccc6c5oc5ccccc56)c4)cc3)c3cccc4ccccc34)cc2)cc1. The van der Waals surface area contributed by atoms with E-state index in [1.807, 2.05) is 12.1 Å². The van der Waals surface area contributed by atoms with Crippen molar-refractivity contribution in [2.75, 3.05) is 4.90 Å². The molecule has 2 nitrogen and oxygen atoms in total. The molecule has 0 aliphatic rings. The van der Waals surface area contributed by atoms with Gasteiger partial charge in [0.15, 0.2) is 0 Å². The second-order valence-corrected chi connectivity index (χ2v) is 13.7. The number of hydrogen-bond donors (Lipinski definition) is 0. The zero-order valence-corrected chi connectivity index (χ0v) is 29.6. The number of benzene rings is 9. The van der Waals surface area contributed by atoms with E-state index in [2.05, 4.69) is 205 Å². The van der Waals surface area contributed by atoms with Crippen LogP contribution in [0.2, 0.25) is 0 Å². The van der Waals surface area contributed by atoms with Gasteiger partial charge in [0.1, 0.15) is 11.2 Å². The molecule has 254 valence electrons. The Morgan fingerprint density at radius 1 is 0.315 bits per heavy atom. The Kier molecular flexibility index (Phi) is 7.85. The smallest absolute Gasteiger partial charge is 0.143 e. The van der Waals surface area contributed by atoms with Gasteiger partial charge >= 0.3 is 0 Å². The summed E-state index contributed by atoms with van der Waals surface area (Å²) < 4.78 is 6.56. The lowest BCUT2D eigenvalue weighted by atomic mass is 9.90. The fraction of sp³-hybridized carbons (Fsp3) is 0. The minimum atomic E-state index is 0.901. The van der Waals surface area contributed by atoms with E-state index in [-0.39, 0.29) is 0 Å². The molecular formula is C52H35NO. The van der Waals surface area contributed by atoms with Crippen LogP contribution in [0.5, 0.6) is 0 Å². The number of fused-ring (bicyclic) bond motifs is 4. The Morgan fingerprint density at radius 3 is 1.59 bits per heavy atom. The van der Waals surface area contributed by atoms with E-state index >= 15 is 0 Å². The fourth-order valence-corrected chi connectivity index (χ4v) is 7.84. The van der Waals surface area contributed by atoms with Crippen LogP contribution in [-0.4, -0.2) is 0 Å². The van der Waals surface area contributed by atoms with Crippen molar-refractivity contribution in [1.29, 1.82) is 0 Å². The van der Waals surface area contributed by atoms with Crippen molar-refractivity contribution in [3.8, 4) is 44.5 Å². The van der Waals surface area contributed by atoms with Gasteiger partial charge in [-0.2, -0.15) is 0 Å². The van der Waals surface area contributed by atoms with Gasteiger partial charge in [-0.15, -0.1) is 0 Å². The van der Waals surface area contributed by atoms with Gasteiger partial charge in [-0.05, 0) is 86.8 Å². The molecule has 9 aromatic carbocycles. The summed E-state index contributed by atoms with van der Waals surface area (Å²) in [5.74, 6) is 0. The van der Waals surface area contributed by atoms with E-state index in [1.165, 1.54) is 33.0 Å². The van der Waals surface area contributed by atoms with E-state index < -0.39 is 0 Å². The van der Waals surface area contributed by atoms with E-state index in [0.717, 1.165) is 61.3 Å². The van der Waals surface area contributed by atoms with Gasteiger partial charge < -0.3 is 9.32 Å². The minimum Gasteiger partial charge on any atom is -0.455 e. The number of rotatable bonds is 7. The van der Waals surface area contributed by atoms with Gasteiger partial charge in [0.25, 0.3) is 0 Å². The average molecular weight is 690 g/mol. The van der Waals surface area contributed by atoms with Crippen LogP contribution in [0, 0.1) is 0 Å². The first-order valence-corrected chi connectivity index (χ1v) is 18.4. The molecule has 0 saturated carbocycles. The van der Waals surface area contributed by atoms with Crippen molar-refractivity contribution in [3.05, 3.63) is 212 Å². The molecule has 0 unspecified atom stereocenters. The molecule has 0 saturated heterocycles. The van der Waals surface area contributed by atoms with Gasteiger partial charge in [-0.1, -0.05) is 170 Å². The summed E-state index contributed by atoms with van der Waals surface area (Å²) in [5.41, 5.74) is 14.4. The molecule has 0 bridgehead atoms. The minimum absolute atomic E-state index is 0.901. The number of furan rings is 1. The van der Waals surface area contributed by atoms with Crippen molar-refractivity contribution in [2.24, 2.45) is 0 Å². The largest absolute Gasteiger partial charge is 0.455 e. The van der Waals surface area contributed by atoms with Crippen LogP contribution in [-0.2, 0) is 0 Å². The third-order valence-corrected chi connectivity index (χ3v) is 10.5. The Morgan fingerprint density at radius 2 is 0.852 bits per heavy atom. The Labute approximate surface area is 314 Å². The van der Waals surface area contributed by atoms with E-state index in [1.54, 1.807) is 0 Å². The monoisotopic (exact) mass is 689 g/mol. The summed E-state index contributed by atoms with van der Waals surface area (Å²) >= 11 is 0. The predicted molar refractivity (Wildman–Crippen MR) is 228 cm³/mol. The lowest BCUT2D eigenvalue weighted by molar-refractivity contribution is 0.670. The fourth-order valence-electron chi connectivity index (χ4n) is 7.84. The summed E-state index contributed by atoms with van der Waals surface area (Å²) in [6.45, 7) is 0. The van der Waals surface area contributed by atoms with Crippen LogP contribution in [0.15, 0.2) is 217 Å². The Hall–Kier alpha value is -7.16. The molecule has 0 amide bonds. The number of para-hydroxylation sites is 2. The third kappa shape index (κ3) is 5.62. The van der Waals surface area contributed by atoms with Gasteiger partial charge in [0, 0.05) is 33.1 Å². The van der Waals surface area contributed by atoms with Crippen LogP contribution < -0.4 is 4.90 Å². The molecule has 0 atom stereocenters. The lowest BCUT2D eigenvalue weighted by Gasteiger charge is -2.27. The number of nitrogens with zero attached hydrogens (tertiary/aromatic N) is 1. The zero-order valence-electron chi connectivity index (χ0n) is 29.6. The first-order valence-electron chi connectivity index (χ1n) is 18.4. The second-order valence-electron chi connectivity index (χ2n) is 13.7. The Bertz CT molecular complexity index is 2900. The van der Waals surface area contributed by atoms with Crippen molar-refractivity contribution in [1.82, 2.24) is 0 Å². The molecule has 1 heterocycles. The van der Waals surface area contributed by atoms with Gasteiger partial charge in [-0.25, -0.2) is 0 Å². The average Bonchev–Trinajstić information content (AvgIpc) is 3.64. The highest BCUT2D eigenvalue weighted by atomic mass is 16.3. The predicted octanol–water partition coefficient (Wildman–Crippen LogP) is 14.9. The molecule has 2 heteroatoms. The zero-order chi connectivity index (χ0) is 35.8. The van der Waals surface area contributed by atoms with Gasteiger partial charge in [0.05, 0.1) is 5.69 Å². The van der Waals surface area contributed by atoms with Crippen LogP contribution in [0.4, 0.5) is 17.1 Å². The van der Waals surface area contributed by atoms with Crippen molar-refractivity contribution < 1.29 is 4.42 Å². The highest BCUT2D eigenvalue weighted by Crippen LogP contribution is 2.43. The maximum Gasteiger partial charge on any atom is 0.143 e. The second kappa shape index (κ2) is 13.4. The maximum atomic E-state index is 6.56. The van der Waals surface area contributed by atoms with Crippen LogP contribution in [0.1, 0.15) is 0 Å². The molecule has 1 aromatic heterocycles. The van der Waals surface area contributed by atoms with Crippen LogP contribution in [0.3, 0.4) is 0 Å². The molecule has 0 aliphatic carbocycles. The summed E-state index contributed by atoms with van der Waals surface area (Å²) in [6.07, 6.45) is 0. The maximum absolute atomic E-state index is 6.56. The van der Waals surface area contributed by atoms with E-state index in [0.29, 0.717) is 0 Å². The van der Waals surface area contributed by atoms with Gasteiger partial charge in [0.2, 0.25) is 0 Å². The van der Waals surface area contributed by atoms with Gasteiger partial charge in [-0.3, -0.25) is 0 Å². The first-order chi connectivity index (χ1) is 26.8. The molecule has 0 spiro atoms. The summed E-state index contributed by atoms with van der Waals surface area (Å²) in [5, 5.41) is 4.68. The van der Waals surface area contributed by atoms with Crippen molar-refractivity contribution in [2.45, 2.75) is 0 Å². The molecule has 10 aromatic rings. The molecule has 0 aliphatic heterocycles.